The van der Waals surface area contributed by atoms with Crippen molar-refractivity contribution in [3.05, 3.63) is 11.7 Å². The van der Waals surface area contributed by atoms with Crippen molar-refractivity contribution in [1.82, 2.24) is 20.4 Å². The van der Waals surface area contributed by atoms with Gasteiger partial charge in [-0.1, -0.05) is 12.1 Å². The monoisotopic (exact) mass is 240 g/mol. The molecule has 0 radical (unpaired) electrons. The van der Waals surface area contributed by atoms with Crippen molar-refractivity contribution < 1.29 is 14.4 Å². The fraction of sp³-hybridized carbons (Fsp3) is 0.700. The molecular weight excluding hydrogens is 224 g/mol. The Labute approximate surface area is 98.8 Å². The molecule has 1 unspecified atom stereocenters. The second-order valence-corrected chi connectivity index (χ2v) is 3.99. The Hall–Kier alpha value is -1.47. The minimum Gasteiger partial charge on any atom is -0.480 e. The fourth-order valence-corrected chi connectivity index (χ4v) is 1.85. The van der Waals surface area contributed by atoms with Crippen LogP contribution in [0.2, 0.25) is 0 Å². The topological polar surface area (TPSA) is 91.5 Å². The van der Waals surface area contributed by atoms with Gasteiger partial charge < -0.3 is 14.9 Å². The number of rotatable bonds is 4. The number of carboxylic acids is 1. The smallest absolute Gasteiger partial charge is 0.322 e. The van der Waals surface area contributed by atoms with E-state index in [1.807, 2.05) is 11.8 Å². The first kappa shape index (κ1) is 12.0. The highest BCUT2D eigenvalue weighted by molar-refractivity contribution is 5.73. The van der Waals surface area contributed by atoms with Crippen LogP contribution in [0.25, 0.3) is 0 Å². The first-order valence-corrected chi connectivity index (χ1v) is 5.69. The van der Waals surface area contributed by atoms with E-state index in [9.17, 15) is 4.79 Å². The molecule has 1 aliphatic heterocycles. The van der Waals surface area contributed by atoms with E-state index >= 15 is 0 Å². The number of aryl methyl sites for hydroxylation is 1. The van der Waals surface area contributed by atoms with Gasteiger partial charge in [0, 0.05) is 26.1 Å². The van der Waals surface area contributed by atoms with Gasteiger partial charge in [-0.3, -0.25) is 9.69 Å². The fourth-order valence-electron chi connectivity index (χ4n) is 1.85. The van der Waals surface area contributed by atoms with Crippen LogP contribution in [0.3, 0.4) is 0 Å². The normalized spacial score (nSPS) is 21.6. The van der Waals surface area contributed by atoms with Crippen LogP contribution in [-0.4, -0.2) is 51.8 Å². The van der Waals surface area contributed by atoms with Gasteiger partial charge in [0.2, 0.25) is 5.89 Å². The molecule has 0 amide bonds. The van der Waals surface area contributed by atoms with E-state index in [4.69, 9.17) is 9.63 Å². The molecule has 1 saturated heterocycles. The van der Waals surface area contributed by atoms with Crippen LogP contribution >= 0.6 is 0 Å². The number of nitrogens with one attached hydrogen (secondary N) is 1. The Morgan fingerprint density at radius 2 is 2.53 bits per heavy atom. The molecular formula is C10H16N4O3. The summed E-state index contributed by atoms with van der Waals surface area (Å²) in [5.41, 5.74) is 0. The summed E-state index contributed by atoms with van der Waals surface area (Å²) in [6, 6.07) is -0.527. The van der Waals surface area contributed by atoms with Gasteiger partial charge in [-0.25, -0.2) is 0 Å². The van der Waals surface area contributed by atoms with Crippen molar-refractivity contribution in [2.75, 3.05) is 19.6 Å². The molecule has 0 bridgehead atoms. The third-order valence-electron chi connectivity index (χ3n) is 2.80. The van der Waals surface area contributed by atoms with Gasteiger partial charge >= 0.3 is 5.97 Å². The van der Waals surface area contributed by atoms with Crippen molar-refractivity contribution in [2.45, 2.75) is 25.9 Å². The van der Waals surface area contributed by atoms with Gasteiger partial charge in [-0.15, -0.1) is 0 Å². The second kappa shape index (κ2) is 5.24. The van der Waals surface area contributed by atoms with Crippen LogP contribution in [0.5, 0.6) is 0 Å². The van der Waals surface area contributed by atoms with E-state index in [0.717, 1.165) is 6.54 Å². The zero-order chi connectivity index (χ0) is 12.3. The van der Waals surface area contributed by atoms with E-state index in [1.54, 1.807) is 0 Å². The first-order valence-electron chi connectivity index (χ1n) is 5.69. The maximum Gasteiger partial charge on any atom is 0.322 e. The highest BCUT2D eigenvalue weighted by Gasteiger charge is 2.29. The van der Waals surface area contributed by atoms with Crippen molar-refractivity contribution in [3.8, 4) is 0 Å². The van der Waals surface area contributed by atoms with Crippen LogP contribution < -0.4 is 5.32 Å². The standard InChI is InChI=1S/C10H16N4O3/c1-2-8-12-9(17-13-8)6-14-4-3-11-5-7(14)10(15)16/h7,11H,2-6H2,1H3,(H,15,16). The molecule has 2 rings (SSSR count). The van der Waals surface area contributed by atoms with Gasteiger partial charge in [-0.05, 0) is 0 Å². The van der Waals surface area contributed by atoms with E-state index in [0.29, 0.717) is 37.8 Å². The molecule has 2 heterocycles. The number of aliphatic carboxylic acids is 1. The Kier molecular flexibility index (Phi) is 3.70. The Morgan fingerprint density at radius 1 is 1.71 bits per heavy atom. The molecule has 7 heteroatoms. The summed E-state index contributed by atoms with van der Waals surface area (Å²) in [5, 5.41) is 15.9. The SMILES string of the molecule is CCc1noc(CN2CCNCC2C(=O)O)n1. The molecule has 17 heavy (non-hydrogen) atoms. The van der Waals surface area contributed by atoms with Gasteiger partial charge in [-0.2, -0.15) is 4.98 Å². The number of carboxylic acid groups (broad SMARTS) is 1. The minimum atomic E-state index is -0.826. The summed E-state index contributed by atoms with van der Waals surface area (Å²) in [5.74, 6) is 0.310. The summed E-state index contributed by atoms with van der Waals surface area (Å²) in [4.78, 5) is 17.1. The second-order valence-electron chi connectivity index (χ2n) is 3.99. The number of hydrogen-bond acceptors (Lipinski definition) is 6. The molecule has 0 aromatic carbocycles. The van der Waals surface area contributed by atoms with Crippen LogP contribution in [0.4, 0.5) is 0 Å². The van der Waals surface area contributed by atoms with Crippen LogP contribution in [0, 0.1) is 0 Å². The molecule has 1 fully saturated rings. The van der Waals surface area contributed by atoms with E-state index in [2.05, 4.69) is 15.5 Å². The summed E-state index contributed by atoms with van der Waals surface area (Å²) < 4.78 is 5.07. The van der Waals surface area contributed by atoms with Crippen molar-refractivity contribution in [1.29, 1.82) is 0 Å². The van der Waals surface area contributed by atoms with Gasteiger partial charge in [0.25, 0.3) is 0 Å². The average Bonchev–Trinajstić information content (AvgIpc) is 2.77. The summed E-state index contributed by atoms with van der Waals surface area (Å²) >= 11 is 0. The first-order chi connectivity index (χ1) is 8.20. The number of aromatic nitrogens is 2. The van der Waals surface area contributed by atoms with E-state index < -0.39 is 12.0 Å². The predicted octanol–water partition coefficient (Wildman–Crippen LogP) is -0.510. The minimum absolute atomic E-state index is 0.394. The van der Waals surface area contributed by atoms with Crippen LogP contribution in [-0.2, 0) is 17.8 Å². The van der Waals surface area contributed by atoms with Gasteiger partial charge in [0.05, 0.1) is 6.54 Å². The lowest BCUT2D eigenvalue weighted by Crippen LogP contribution is -2.54. The van der Waals surface area contributed by atoms with Gasteiger partial charge in [0.15, 0.2) is 5.82 Å². The average molecular weight is 240 g/mol. The number of hydrogen-bond donors (Lipinski definition) is 2. The van der Waals surface area contributed by atoms with Crippen LogP contribution in [0.1, 0.15) is 18.6 Å². The Morgan fingerprint density at radius 3 is 3.18 bits per heavy atom. The van der Waals surface area contributed by atoms with Crippen molar-refractivity contribution >= 4 is 5.97 Å². The molecule has 1 aliphatic rings. The van der Waals surface area contributed by atoms with Crippen molar-refractivity contribution in [2.24, 2.45) is 0 Å². The molecule has 0 spiro atoms. The third kappa shape index (κ3) is 2.80. The predicted molar refractivity (Wildman–Crippen MR) is 58.4 cm³/mol. The lowest BCUT2D eigenvalue weighted by molar-refractivity contribution is -0.144. The summed E-state index contributed by atoms with van der Waals surface area (Å²) in [7, 11) is 0. The largest absolute Gasteiger partial charge is 0.480 e. The molecule has 7 nitrogen and oxygen atoms in total. The molecule has 94 valence electrons. The maximum atomic E-state index is 11.1. The molecule has 1 aromatic rings. The quantitative estimate of drug-likeness (QED) is 0.732. The Bertz CT molecular complexity index is 393. The van der Waals surface area contributed by atoms with Gasteiger partial charge in [0.1, 0.15) is 6.04 Å². The molecule has 1 aromatic heterocycles. The number of piperazine rings is 1. The number of carbonyl (C=O) groups is 1. The maximum absolute atomic E-state index is 11.1. The van der Waals surface area contributed by atoms with E-state index in [1.165, 1.54) is 0 Å². The highest BCUT2D eigenvalue weighted by Crippen LogP contribution is 2.09. The summed E-state index contributed by atoms with van der Waals surface area (Å²) in [6.45, 7) is 4.23. The summed E-state index contributed by atoms with van der Waals surface area (Å²) in [6.07, 6.45) is 0.716. The van der Waals surface area contributed by atoms with Crippen LogP contribution in [0.15, 0.2) is 4.52 Å². The molecule has 0 aliphatic carbocycles. The number of nitrogens with zero attached hydrogens (tertiary/aromatic N) is 3. The third-order valence-corrected chi connectivity index (χ3v) is 2.80. The van der Waals surface area contributed by atoms with E-state index in [-0.39, 0.29) is 0 Å². The zero-order valence-electron chi connectivity index (χ0n) is 9.72. The van der Waals surface area contributed by atoms with Crippen molar-refractivity contribution in [3.63, 3.8) is 0 Å². The molecule has 2 N–H and O–H groups in total. The molecule has 1 atom stereocenters. The zero-order valence-corrected chi connectivity index (χ0v) is 9.72. The lowest BCUT2D eigenvalue weighted by atomic mass is 10.2. The highest BCUT2D eigenvalue weighted by atomic mass is 16.5. The lowest BCUT2D eigenvalue weighted by Gasteiger charge is -2.32. The molecule has 0 saturated carbocycles. The Balaban J connectivity index is 2.02.